The maximum Gasteiger partial charge on any atom is 0.307 e. The lowest BCUT2D eigenvalue weighted by atomic mass is 10.1. The van der Waals surface area contributed by atoms with E-state index in [9.17, 15) is 4.79 Å². The molecule has 2 aliphatic rings. The van der Waals surface area contributed by atoms with Crippen LogP contribution < -0.4 is 4.74 Å². The van der Waals surface area contributed by atoms with E-state index in [-0.39, 0.29) is 5.92 Å². The van der Waals surface area contributed by atoms with Crippen LogP contribution in [-0.2, 0) is 4.79 Å². The van der Waals surface area contributed by atoms with Crippen molar-refractivity contribution in [2.75, 3.05) is 20.2 Å². The molecule has 0 spiro atoms. The minimum absolute atomic E-state index is 0.0967. The van der Waals surface area contributed by atoms with E-state index in [4.69, 9.17) is 9.84 Å². The van der Waals surface area contributed by atoms with Gasteiger partial charge in [0.05, 0.1) is 13.0 Å². The number of para-hydroxylation sites is 1. The van der Waals surface area contributed by atoms with Gasteiger partial charge in [0.1, 0.15) is 5.75 Å². The summed E-state index contributed by atoms with van der Waals surface area (Å²) in [7, 11) is 1.66. The van der Waals surface area contributed by atoms with E-state index < -0.39 is 5.97 Å². The average molecular weight is 291 g/mol. The van der Waals surface area contributed by atoms with Gasteiger partial charge in [-0.3, -0.25) is 9.69 Å². The van der Waals surface area contributed by atoms with Crippen LogP contribution in [0.4, 0.5) is 0 Å². The fraction of sp³-hybridized carbons (Fsp3) is 0.588. The Balaban J connectivity index is 0.000000173. The molecule has 1 aromatic rings. The van der Waals surface area contributed by atoms with Gasteiger partial charge in [0.2, 0.25) is 0 Å². The predicted octanol–water partition coefficient (Wildman–Crippen LogP) is 3.03. The molecule has 1 aromatic carbocycles. The zero-order valence-corrected chi connectivity index (χ0v) is 12.7. The Hall–Kier alpha value is -1.55. The number of carboxylic acids is 1. The molecule has 1 heterocycles. The van der Waals surface area contributed by atoms with Crippen LogP contribution in [0, 0.1) is 5.92 Å². The summed E-state index contributed by atoms with van der Waals surface area (Å²) in [5.41, 5.74) is 0. The van der Waals surface area contributed by atoms with Crippen molar-refractivity contribution < 1.29 is 14.6 Å². The number of rotatable bonds is 3. The summed E-state index contributed by atoms with van der Waals surface area (Å²) in [6.07, 6.45) is 6.09. The fourth-order valence-electron chi connectivity index (χ4n) is 3.15. The van der Waals surface area contributed by atoms with Crippen molar-refractivity contribution in [1.29, 1.82) is 0 Å². The van der Waals surface area contributed by atoms with Crippen molar-refractivity contribution in [2.24, 2.45) is 5.92 Å². The van der Waals surface area contributed by atoms with Gasteiger partial charge >= 0.3 is 5.97 Å². The van der Waals surface area contributed by atoms with Crippen LogP contribution in [0.15, 0.2) is 30.3 Å². The Morgan fingerprint density at radius 3 is 2.33 bits per heavy atom. The molecule has 1 atom stereocenters. The van der Waals surface area contributed by atoms with Crippen LogP contribution in [0.25, 0.3) is 0 Å². The predicted molar refractivity (Wildman–Crippen MR) is 82.6 cm³/mol. The van der Waals surface area contributed by atoms with Gasteiger partial charge in [-0.2, -0.15) is 0 Å². The van der Waals surface area contributed by atoms with Crippen molar-refractivity contribution in [3.05, 3.63) is 30.3 Å². The number of likely N-dealkylation sites (tertiary alicyclic amines) is 1. The molecule has 21 heavy (non-hydrogen) atoms. The Morgan fingerprint density at radius 1 is 1.19 bits per heavy atom. The highest BCUT2D eigenvalue weighted by molar-refractivity contribution is 5.70. The van der Waals surface area contributed by atoms with Crippen LogP contribution in [0.2, 0.25) is 0 Å². The monoisotopic (exact) mass is 291 g/mol. The molecule has 1 unspecified atom stereocenters. The standard InChI is InChI=1S/C10H17NO2.C7H8O/c12-10(13)8-5-6-11(7-8)9-3-1-2-4-9;1-8-7-5-3-2-4-6-7/h8-9H,1-7H2,(H,12,13);2-6H,1H3. The normalized spacial score (nSPS) is 22.6. The number of hydrogen-bond acceptors (Lipinski definition) is 3. The maximum absolute atomic E-state index is 10.7. The molecule has 0 radical (unpaired) electrons. The lowest BCUT2D eigenvalue weighted by Gasteiger charge is -2.22. The number of nitrogens with zero attached hydrogens (tertiary/aromatic N) is 1. The first-order valence-corrected chi connectivity index (χ1v) is 7.76. The summed E-state index contributed by atoms with van der Waals surface area (Å²) >= 11 is 0. The summed E-state index contributed by atoms with van der Waals surface area (Å²) < 4.78 is 4.91. The topological polar surface area (TPSA) is 49.8 Å². The van der Waals surface area contributed by atoms with Gasteiger partial charge in [0.15, 0.2) is 0 Å². The number of hydrogen-bond donors (Lipinski definition) is 1. The molecule has 1 aliphatic carbocycles. The van der Waals surface area contributed by atoms with Crippen LogP contribution in [-0.4, -0.2) is 42.2 Å². The minimum atomic E-state index is -0.611. The zero-order valence-electron chi connectivity index (χ0n) is 12.7. The van der Waals surface area contributed by atoms with E-state index in [1.54, 1.807) is 7.11 Å². The number of carboxylic acid groups (broad SMARTS) is 1. The Labute approximate surface area is 126 Å². The average Bonchev–Trinajstić information content (AvgIpc) is 3.19. The number of benzene rings is 1. The van der Waals surface area contributed by atoms with Gasteiger partial charge in [-0.05, 0) is 37.9 Å². The van der Waals surface area contributed by atoms with E-state index in [0.29, 0.717) is 6.04 Å². The highest BCUT2D eigenvalue weighted by Gasteiger charge is 2.32. The van der Waals surface area contributed by atoms with Crippen LogP contribution in [0.1, 0.15) is 32.1 Å². The first kappa shape index (κ1) is 15.8. The molecule has 116 valence electrons. The summed E-state index contributed by atoms with van der Waals surface area (Å²) in [5.74, 6) is 0.202. The third kappa shape index (κ3) is 4.74. The molecule has 1 N–H and O–H groups in total. The smallest absolute Gasteiger partial charge is 0.307 e. The Bertz CT molecular complexity index is 429. The van der Waals surface area contributed by atoms with Crippen molar-refractivity contribution in [2.45, 2.75) is 38.1 Å². The summed E-state index contributed by atoms with van der Waals surface area (Å²) in [4.78, 5) is 13.1. The molecule has 4 nitrogen and oxygen atoms in total. The van der Waals surface area contributed by atoms with Crippen molar-refractivity contribution >= 4 is 5.97 Å². The molecule has 0 amide bonds. The molecular weight excluding hydrogens is 266 g/mol. The third-order valence-electron chi connectivity index (χ3n) is 4.39. The number of aliphatic carboxylic acids is 1. The number of carbonyl (C=O) groups is 1. The van der Waals surface area contributed by atoms with Crippen LogP contribution >= 0.6 is 0 Å². The Kier molecular flexibility index (Phi) is 6.05. The molecule has 2 fully saturated rings. The zero-order chi connectivity index (χ0) is 15.1. The van der Waals surface area contributed by atoms with E-state index >= 15 is 0 Å². The highest BCUT2D eigenvalue weighted by atomic mass is 16.5. The molecule has 1 saturated heterocycles. The summed E-state index contributed by atoms with van der Waals surface area (Å²) in [6.45, 7) is 1.79. The van der Waals surface area contributed by atoms with E-state index in [1.165, 1.54) is 25.7 Å². The van der Waals surface area contributed by atoms with E-state index in [1.807, 2.05) is 30.3 Å². The molecule has 0 aromatic heterocycles. The van der Waals surface area contributed by atoms with E-state index in [2.05, 4.69) is 4.90 Å². The molecule has 0 bridgehead atoms. The van der Waals surface area contributed by atoms with Crippen molar-refractivity contribution in [3.8, 4) is 5.75 Å². The maximum atomic E-state index is 10.7. The van der Waals surface area contributed by atoms with Gasteiger partial charge in [-0.1, -0.05) is 31.0 Å². The SMILES string of the molecule is COc1ccccc1.O=C(O)C1CCN(C2CCCC2)C1. The van der Waals surface area contributed by atoms with Crippen LogP contribution in [0.5, 0.6) is 5.75 Å². The highest BCUT2D eigenvalue weighted by Crippen LogP contribution is 2.28. The Morgan fingerprint density at radius 2 is 1.86 bits per heavy atom. The fourth-order valence-corrected chi connectivity index (χ4v) is 3.15. The third-order valence-corrected chi connectivity index (χ3v) is 4.39. The van der Waals surface area contributed by atoms with Gasteiger partial charge in [-0.15, -0.1) is 0 Å². The first-order chi connectivity index (χ1) is 10.2. The quantitative estimate of drug-likeness (QED) is 0.930. The van der Waals surface area contributed by atoms with Gasteiger partial charge < -0.3 is 9.84 Å². The molecule has 3 rings (SSSR count). The second-order valence-electron chi connectivity index (χ2n) is 5.77. The number of ether oxygens (including phenoxy) is 1. The van der Waals surface area contributed by atoms with Crippen molar-refractivity contribution in [3.63, 3.8) is 0 Å². The van der Waals surface area contributed by atoms with Gasteiger partial charge in [0.25, 0.3) is 0 Å². The van der Waals surface area contributed by atoms with Crippen molar-refractivity contribution in [1.82, 2.24) is 4.90 Å². The van der Waals surface area contributed by atoms with Gasteiger partial charge in [0, 0.05) is 12.6 Å². The second-order valence-corrected chi connectivity index (χ2v) is 5.77. The van der Waals surface area contributed by atoms with Crippen LogP contribution in [0.3, 0.4) is 0 Å². The molecular formula is C17H25NO3. The summed E-state index contributed by atoms with van der Waals surface area (Å²) in [5, 5.41) is 8.85. The minimum Gasteiger partial charge on any atom is -0.497 e. The molecule has 4 heteroatoms. The molecule has 1 saturated carbocycles. The van der Waals surface area contributed by atoms with E-state index in [0.717, 1.165) is 25.3 Å². The number of methoxy groups -OCH3 is 1. The lowest BCUT2D eigenvalue weighted by molar-refractivity contribution is -0.141. The molecule has 1 aliphatic heterocycles. The lowest BCUT2D eigenvalue weighted by Crippen LogP contribution is -2.31. The second kappa shape index (κ2) is 8.03. The van der Waals surface area contributed by atoms with Gasteiger partial charge in [-0.25, -0.2) is 0 Å². The first-order valence-electron chi connectivity index (χ1n) is 7.76. The summed E-state index contributed by atoms with van der Waals surface area (Å²) in [6, 6.07) is 10.4. The largest absolute Gasteiger partial charge is 0.497 e.